The zero-order chi connectivity index (χ0) is 8.43. The van der Waals surface area contributed by atoms with Crippen molar-refractivity contribution >= 4 is 5.91 Å². The molecule has 0 saturated carbocycles. The molecule has 1 rings (SSSR count). The molecule has 1 heterocycles. The molecule has 0 N–H and O–H groups in total. The summed E-state index contributed by atoms with van der Waals surface area (Å²) in [6, 6.07) is 0. The van der Waals surface area contributed by atoms with Gasteiger partial charge < -0.3 is 4.90 Å². The van der Waals surface area contributed by atoms with Gasteiger partial charge in [-0.3, -0.25) is 4.79 Å². The van der Waals surface area contributed by atoms with Crippen molar-refractivity contribution in [3.05, 3.63) is 0 Å². The van der Waals surface area contributed by atoms with E-state index in [-0.39, 0.29) is 0 Å². The van der Waals surface area contributed by atoms with Crippen molar-refractivity contribution in [3.8, 4) is 0 Å². The van der Waals surface area contributed by atoms with Gasteiger partial charge in [0, 0.05) is 19.5 Å². The van der Waals surface area contributed by atoms with Crippen molar-refractivity contribution in [3.63, 3.8) is 0 Å². The molecule has 0 aromatic heterocycles. The van der Waals surface area contributed by atoms with Crippen LogP contribution in [-0.4, -0.2) is 23.9 Å². The summed E-state index contributed by atoms with van der Waals surface area (Å²) in [6.45, 7) is 8.34. The van der Waals surface area contributed by atoms with E-state index in [1.54, 1.807) is 0 Å². The van der Waals surface area contributed by atoms with Crippen molar-refractivity contribution in [1.29, 1.82) is 0 Å². The van der Waals surface area contributed by atoms with E-state index in [9.17, 15) is 4.79 Å². The summed E-state index contributed by atoms with van der Waals surface area (Å²) in [6.07, 6.45) is 0.658. The van der Waals surface area contributed by atoms with Crippen LogP contribution in [0.15, 0.2) is 0 Å². The van der Waals surface area contributed by atoms with E-state index in [1.165, 1.54) is 0 Å². The summed E-state index contributed by atoms with van der Waals surface area (Å²) >= 11 is 0. The zero-order valence-corrected chi connectivity index (χ0v) is 7.63. The van der Waals surface area contributed by atoms with Crippen LogP contribution in [0.4, 0.5) is 0 Å². The molecule has 64 valence electrons. The molecule has 2 heteroatoms. The first kappa shape index (κ1) is 8.57. The Morgan fingerprint density at radius 3 is 2.45 bits per heavy atom. The Bertz CT molecular complexity index is 148. The quantitative estimate of drug-likeness (QED) is 0.592. The molecule has 0 radical (unpaired) electrons. The van der Waals surface area contributed by atoms with Crippen LogP contribution in [0.2, 0.25) is 0 Å². The second-order valence-corrected chi connectivity index (χ2v) is 3.66. The fourth-order valence-electron chi connectivity index (χ4n) is 1.36. The molecule has 1 saturated heterocycles. The predicted octanol–water partition coefficient (Wildman–Crippen LogP) is 1.51. The average molecular weight is 155 g/mol. The van der Waals surface area contributed by atoms with Gasteiger partial charge in [0.1, 0.15) is 0 Å². The Morgan fingerprint density at radius 1 is 1.55 bits per heavy atom. The van der Waals surface area contributed by atoms with E-state index in [1.807, 2.05) is 11.8 Å². The number of amides is 1. The maximum Gasteiger partial charge on any atom is 0.222 e. The van der Waals surface area contributed by atoms with Crippen LogP contribution in [0.5, 0.6) is 0 Å². The molecule has 0 unspecified atom stereocenters. The number of likely N-dealkylation sites (tertiary alicyclic amines) is 1. The minimum Gasteiger partial charge on any atom is -0.342 e. The van der Waals surface area contributed by atoms with Crippen LogP contribution in [0, 0.1) is 11.8 Å². The fourth-order valence-corrected chi connectivity index (χ4v) is 1.36. The van der Waals surface area contributed by atoms with E-state index in [4.69, 9.17) is 0 Å². The van der Waals surface area contributed by atoms with Crippen molar-refractivity contribution in [1.82, 2.24) is 4.90 Å². The smallest absolute Gasteiger partial charge is 0.222 e. The fraction of sp³-hybridized carbons (Fsp3) is 0.889. The first-order valence-electron chi connectivity index (χ1n) is 4.43. The molecule has 1 aliphatic heterocycles. The third-order valence-corrected chi connectivity index (χ3v) is 2.51. The van der Waals surface area contributed by atoms with Gasteiger partial charge in [-0.2, -0.15) is 0 Å². The largest absolute Gasteiger partial charge is 0.342 e. The molecule has 2 nitrogen and oxygen atoms in total. The molecule has 0 aromatic rings. The van der Waals surface area contributed by atoms with Crippen molar-refractivity contribution in [2.75, 3.05) is 13.1 Å². The highest BCUT2D eigenvalue weighted by Crippen LogP contribution is 2.23. The van der Waals surface area contributed by atoms with Gasteiger partial charge >= 0.3 is 0 Å². The lowest BCUT2D eigenvalue weighted by Gasteiger charge is -2.41. The van der Waals surface area contributed by atoms with Gasteiger partial charge in [-0.05, 0) is 11.8 Å². The minimum absolute atomic E-state index is 0.307. The standard InChI is InChI=1S/C9H17NO/c1-4-9(11)10-5-8(6-10)7(2)3/h7-8H,4-6H2,1-3H3. The monoisotopic (exact) mass is 155 g/mol. The van der Waals surface area contributed by atoms with Gasteiger partial charge in [0.15, 0.2) is 0 Å². The maximum atomic E-state index is 11.1. The van der Waals surface area contributed by atoms with Gasteiger partial charge in [0.05, 0.1) is 0 Å². The second kappa shape index (κ2) is 3.24. The lowest BCUT2D eigenvalue weighted by molar-refractivity contribution is -0.138. The van der Waals surface area contributed by atoms with Crippen LogP contribution in [-0.2, 0) is 4.79 Å². The van der Waals surface area contributed by atoms with Crippen LogP contribution in [0.1, 0.15) is 27.2 Å². The third-order valence-electron chi connectivity index (χ3n) is 2.51. The summed E-state index contributed by atoms with van der Waals surface area (Å²) < 4.78 is 0. The number of hydrogen-bond donors (Lipinski definition) is 0. The molecule has 0 atom stereocenters. The van der Waals surface area contributed by atoms with E-state index in [0.29, 0.717) is 12.3 Å². The van der Waals surface area contributed by atoms with Gasteiger partial charge in [-0.1, -0.05) is 20.8 Å². The van der Waals surface area contributed by atoms with E-state index in [0.717, 1.165) is 24.9 Å². The van der Waals surface area contributed by atoms with E-state index in [2.05, 4.69) is 13.8 Å². The molecule has 0 spiro atoms. The Labute approximate surface area is 68.6 Å². The number of carbonyl (C=O) groups excluding carboxylic acids is 1. The molecular formula is C9H17NO. The molecule has 0 aliphatic carbocycles. The second-order valence-electron chi connectivity index (χ2n) is 3.66. The van der Waals surface area contributed by atoms with E-state index >= 15 is 0 Å². The van der Waals surface area contributed by atoms with E-state index < -0.39 is 0 Å². The third kappa shape index (κ3) is 1.73. The van der Waals surface area contributed by atoms with Gasteiger partial charge in [0.25, 0.3) is 0 Å². The Balaban J connectivity index is 2.24. The highest BCUT2D eigenvalue weighted by Gasteiger charge is 2.31. The first-order valence-corrected chi connectivity index (χ1v) is 4.43. The SMILES string of the molecule is CCC(=O)N1CC(C(C)C)C1. The Morgan fingerprint density at radius 2 is 2.09 bits per heavy atom. The number of hydrogen-bond acceptors (Lipinski definition) is 1. The van der Waals surface area contributed by atoms with Crippen LogP contribution in [0.3, 0.4) is 0 Å². The van der Waals surface area contributed by atoms with Gasteiger partial charge in [-0.15, -0.1) is 0 Å². The summed E-state index contributed by atoms with van der Waals surface area (Å²) in [5, 5.41) is 0. The molecule has 1 amide bonds. The minimum atomic E-state index is 0.307. The lowest BCUT2D eigenvalue weighted by atomic mass is 9.88. The van der Waals surface area contributed by atoms with Gasteiger partial charge in [-0.25, -0.2) is 0 Å². The molecule has 0 aromatic carbocycles. The van der Waals surface area contributed by atoms with Crippen LogP contribution < -0.4 is 0 Å². The molecule has 0 bridgehead atoms. The summed E-state index contributed by atoms with van der Waals surface area (Å²) in [5.41, 5.74) is 0. The summed E-state index contributed by atoms with van der Waals surface area (Å²) in [5.74, 6) is 1.79. The van der Waals surface area contributed by atoms with Crippen molar-refractivity contribution in [2.45, 2.75) is 27.2 Å². The maximum absolute atomic E-state index is 11.1. The lowest BCUT2D eigenvalue weighted by Crippen LogP contribution is -2.51. The van der Waals surface area contributed by atoms with Crippen LogP contribution in [0.25, 0.3) is 0 Å². The zero-order valence-electron chi connectivity index (χ0n) is 7.63. The average Bonchev–Trinajstić information content (AvgIpc) is 1.83. The van der Waals surface area contributed by atoms with Gasteiger partial charge in [0.2, 0.25) is 5.91 Å². The number of rotatable bonds is 2. The van der Waals surface area contributed by atoms with Crippen molar-refractivity contribution in [2.24, 2.45) is 11.8 Å². The molecule has 1 aliphatic rings. The molecule has 11 heavy (non-hydrogen) atoms. The Hall–Kier alpha value is -0.530. The highest BCUT2D eigenvalue weighted by atomic mass is 16.2. The topological polar surface area (TPSA) is 20.3 Å². The predicted molar refractivity (Wildman–Crippen MR) is 45.2 cm³/mol. The normalized spacial score (nSPS) is 18.7. The highest BCUT2D eigenvalue weighted by molar-refractivity contribution is 5.76. The molecular weight excluding hydrogens is 138 g/mol. The first-order chi connectivity index (χ1) is 5.15. The summed E-state index contributed by atoms with van der Waals surface area (Å²) in [7, 11) is 0. The number of nitrogens with zero attached hydrogens (tertiary/aromatic N) is 1. The summed E-state index contributed by atoms with van der Waals surface area (Å²) in [4.78, 5) is 13.0. The number of carbonyl (C=O) groups is 1. The molecule has 1 fully saturated rings. The van der Waals surface area contributed by atoms with Crippen molar-refractivity contribution < 1.29 is 4.79 Å². The van der Waals surface area contributed by atoms with Crippen LogP contribution >= 0.6 is 0 Å². The Kier molecular flexibility index (Phi) is 2.53.